The number of likely N-dealkylation sites (tertiary alicyclic amines) is 1. The average molecular weight is 436 g/mol. The maximum Gasteiger partial charge on any atom is 0.228 e. The van der Waals surface area contributed by atoms with E-state index in [1.54, 1.807) is 26.8 Å². The van der Waals surface area contributed by atoms with Crippen LogP contribution < -0.4 is 4.74 Å². The number of carbonyl (C=O) groups is 3. The van der Waals surface area contributed by atoms with E-state index < -0.39 is 0 Å². The zero-order valence-electron chi connectivity index (χ0n) is 17.7. The molecular weight excluding hydrogens is 406 g/mol. The molecule has 164 valence electrons. The Morgan fingerprint density at radius 3 is 2.43 bits per heavy atom. The summed E-state index contributed by atoms with van der Waals surface area (Å²) in [5.74, 6) is 0.527. The van der Waals surface area contributed by atoms with Crippen molar-refractivity contribution < 1.29 is 19.1 Å². The summed E-state index contributed by atoms with van der Waals surface area (Å²) in [6.07, 6.45) is 1.30. The van der Waals surface area contributed by atoms with E-state index in [-0.39, 0.29) is 29.7 Å². The zero-order valence-corrected chi connectivity index (χ0v) is 18.4. The van der Waals surface area contributed by atoms with Gasteiger partial charge in [0.05, 0.1) is 17.5 Å². The standard InChI is InChI=1S/C22H30ClN3O4/c1-16(2)26-15-17(14-21(26)28)22(29)25-11-9-24(10-12-25)20(27)8-5-13-30-19-7-4-3-6-18(19)23/h3-4,6-7,16-17H,5,8-15H2,1-2H3. The van der Waals surface area contributed by atoms with Crippen molar-refractivity contribution >= 4 is 29.3 Å². The summed E-state index contributed by atoms with van der Waals surface area (Å²) in [7, 11) is 0. The third kappa shape index (κ3) is 5.45. The fourth-order valence-corrected chi connectivity index (χ4v) is 4.15. The summed E-state index contributed by atoms with van der Waals surface area (Å²) in [4.78, 5) is 42.7. The summed E-state index contributed by atoms with van der Waals surface area (Å²) in [5.41, 5.74) is 0. The Hall–Kier alpha value is -2.28. The van der Waals surface area contributed by atoms with Crippen LogP contribution in [-0.4, -0.2) is 77.8 Å². The van der Waals surface area contributed by atoms with E-state index in [2.05, 4.69) is 0 Å². The minimum absolute atomic E-state index is 0.0340. The minimum Gasteiger partial charge on any atom is -0.492 e. The van der Waals surface area contributed by atoms with Crippen molar-refractivity contribution in [2.45, 2.75) is 39.2 Å². The predicted molar refractivity (Wildman–Crippen MR) is 114 cm³/mol. The molecule has 3 amide bonds. The molecule has 0 aliphatic carbocycles. The molecule has 0 N–H and O–H groups in total. The molecule has 1 unspecified atom stereocenters. The minimum atomic E-state index is -0.260. The number of hydrogen-bond donors (Lipinski definition) is 0. The molecular formula is C22H30ClN3O4. The van der Waals surface area contributed by atoms with Gasteiger partial charge < -0.3 is 19.4 Å². The van der Waals surface area contributed by atoms with Crippen molar-refractivity contribution in [1.82, 2.24) is 14.7 Å². The molecule has 1 aromatic rings. The first kappa shape index (κ1) is 22.4. The van der Waals surface area contributed by atoms with Gasteiger partial charge in [0.15, 0.2) is 0 Å². The summed E-state index contributed by atoms with van der Waals surface area (Å²) in [5, 5.41) is 0.560. The lowest BCUT2D eigenvalue weighted by Crippen LogP contribution is -2.52. The second-order valence-electron chi connectivity index (χ2n) is 8.13. The molecule has 0 bridgehead atoms. The van der Waals surface area contributed by atoms with Crippen molar-refractivity contribution in [2.24, 2.45) is 5.92 Å². The topological polar surface area (TPSA) is 70.2 Å². The first-order chi connectivity index (χ1) is 14.4. The van der Waals surface area contributed by atoms with E-state index in [0.29, 0.717) is 69.4 Å². The van der Waals surface area contributed by atoms with Gasteiger partial charge in [-0.2, -0.15) is 0 Å². The van der Waals surface area contributed by atoms with Crippen LogP contribution in [0.3, 0.4) is 0 Å². The number of rotatable bonds is 7. The molecule has 30 heavy (non-hydrogen) atoms. The lowest BCUT2D eigenvalue weighted by molar-refractivity contribution is -0.142. The number of halogens is 1. The van der Waals surface area contributed by atoms with Gasteiger partial charge in [-0.15, -0.1) is 0 Å². The molecule has 0 aromatic heterocycles. The SMILES string of the molecule is CC(C)N1CC(C(=O)N2CCN(C(=O)CCCOc3ccccc3Cl)CC2)CC1=O. The van der Waals surface area contributed by atoms with Gasteiger partial charge in [-0.1, -0.05) is 23.7 Å². The third-order valence-electron chi connectivity index (χ3n) is 5.70. The summed E-state index contributed by atoms with van der Waals surface area (Å²) >= 11 is 6.05. The molecule has 2 saturated heterocycles. The van der Waals surface area contributed by atoms with Crippen molar-refractivity contribution in [1.29, 1.82) is 0 Å². The van der Waals surface area contributed by atoms with Gasteiger partial charge in [0.25, 0.3) is 0 Å². The average Bonchev–Trinajstić information content (AvgIpc) is 3.14. The molecule has 2 fully saturated rings. The summed E-state index contributed by atoms with van der Waals surface area (Å²) < 4.78 is 5.63. The fraction of sp³-hybridized carbons (Fsp3) is 0.591. The fourth-order valence-electron chi connectivity index (χ4n) is 3.96. The molecule has 2 aliphatic heterocycles. The molecule has 2 heterocycles. The molecule has 8 heteroatoms. The van der Waals surface area contributed by atoms with E-state index in [9.17, 15) is 14.4 Å². The van der Waals surface area contributed by atoms with E-state index in [4.69, 9.17) is 16.3 Å². The highest BCUT2D eigenvalue weighted by atomic mass is 35.5. The molecule has 1 aromatic carbocycles. The quantitative estimate of drug-likeness (QED) is 0.617. The molecule has 0 spiro atoms. The largest absolute Gasteiger partial charge is 0.492 e. The number of hydrogen-bond acceptors (Lipinski definition) is 4. The molecule has 7 nitrogen and oxygen atoms in total. The van der Waals surface area contributed by atoms with Gasteiger partial charge in [0.2, 0.25) is 17.7 Å². The van der Waals surface area contributed by atoms with Crippen LogP contribution in [0.1, 0.15) is 33.1 Å². The van der Waals surface area contributed by atoms with Crippen LogP contribution >= 0.6 is 11.6 Å². The third-order valence-corrected chi connectivity index (χ3v) is 6.02. The number of benzene rings is 1. The highest BCUT2D eigenvalue weighted by Crippen LogP contribution is 2.24. The zero-order chi connectivity index (χ0) is 21.7. The summed E-state index contributed by atoms with van der Waals surface area (Å²) in [6, 6.07) is 7.39. The van der Waals surface area contributed by atoms with Gasteiger partial charge in [0, 0.05) is 51.6 Å². The van der Waals surface area contributed by atoms with Crippen LogP contribution in [0, 0.1) is 5.92 Å². The highest BCUT2D eigenvalue weighted by Gasteiger charge is 2.38. The van der Waals surface area contributed by atoms with Gasteiger partial charge in [-0.3, -0.25) is 14.4 Å². The van der Waals surface area contributed by atoms with Gasteiger partial charge >= 0.3 is 0 Å². The monoisotopic (exact) mass is 435 g/mol. The van der Waals surface area contributed by atoms with E-state index in [0.717, 1.165) is 0 Å². The Morgan fingerprint density at radius 1 is 1.13 bits per heavy atom. The Morgan fingerprint density at radius 2 is 1.80 bits per heavy atom. The Labute approximate surface area is 182 Å². The number of para-hydroxylation sites is 1. The number of amides is 3. The lowest BCUT2D eigenvalue weighted by Gasteiger charge is -2.36. The van der Waals surface area contributed by atoms with Gasteiger partial charge in [0.1, 0.15) is 5.75 Å². The Kier molecular flexibility index (Phi) is 7.58. The molecule has 1 atom stereocenters. The maximum absolute atomic E-state index is 12.8. The smallest absolute Gasteiger partial charge is 0.228 e. The molecule has 3 rings (SSSR count). The second-order valence-corrected chi connectivity index (χ2v) is 8.54. The van der Waals surface area contributed by atoms with Crippen molar-refractivity contribution in [2.75, 3.05) is 39.3 Å². The van der Waals surface area contributed by atoms with Crippen LogP contribution in [0.5, 0.6) is 5.75 Å². The predicted octanol–water partition coefficient (Wildman–Crippen LogP) is 2.43. The van der Waals surface area contributed by atoms with Crippen LogP contribution in [-0.2, 0) is 14.4 Å². The van der Waals surface area contributed by atoms with Crippen molar-refractivity contribution in [3.8, 4) is 5.75 Å². The molecule has 2 aliphatic rings. The van der Waals surface area contributed by atoms with Crippen LogP contribution in [0.4, 0.5) is 0 Å². The molecule has 0 radical (unpaired) electrons. The number of carbonyl (C=O) groups excluding carboxylic acids is 3. The molecule has 0 saturated carbocycles. The van der Waals surface area contributed by atoms with Crippen molar-refractivity contribution in [3.05, 3.63) is 29.3 Å². The van der Waals surface area contributed by atoms with E-state index >= 15 is 0 Å². The normalized spacial score (nSPS) is 19.5. The lowest BCUT2D eigenvalue weighted by atomic mass is 10.1. The van der Waals surface area contributed by atoms with Crippen LogP contribution in [0.2, 0.25) is 5.02 Å². The number of piperazine rings is 1. The van der Waals surface area contributed by atoms with Crippen LogP contribution in [0.25, 0.3) is 0 Å². The first-order valence-corrected chi connectivity index (χ1v) is 11.0. The van der Waals surface area contributed by atoms with Gasteiger partial charge in [-0.25, -0.2) is 0 Å². The first-order valence-electron chi connectivity index (χ1n) is 10.6. The van der Waals surface area contributed by atoms with E-state index in [1.165, 1.54) is 0 Å². The number of nitrogens with zero attached hydrogens (tertiary/aromatic N) is 3. The summed E-state index contributed by atoms with van der Waals surface area (Å²) in [6.45, 7) is 6.97. The highest BCUT2D eigenvalue weighted by molar-refractivity contribution is 6.32. The maximum atomic E-state index is 12.8. The number of ether oxygens (including phenoxy) is 1. The van der Waals surface area contributed by atoms with Crippen LogP contribution in [0.15, 0.2) is 24.3 Å². The Bertz CT molecular complexity index is 777. The van der Waals surface area contributed by atoms with E-state index in [1.807, 2.05) is 26.0 Å². The van der Waals surface area contributed by atoms with Crippen molar-refractivity contribution in [3.63, 3.8) is 0 Å². The Balaban J connectivity index is 1.37. The van der Waals surface area contributed by atoms with Gasteiger partial charge in [-0.05, 0) is 32.4 Å². The second kappa shape index (κ2) is 10.2.